The molecule has 4 heterocycles. The molecule has 4 aliphatic heterocycles. The van der Waals surface area contributed by atoms with Crippen LogP contribution in [0.4, 0.5) is 0 Å². The number of esters is 1. The summed E-state index contributed by atoms with van der Waals surface area (Å²) in [5, 5.41) is 23.4. The Hall–Kier alpha value is -0.990. The number of ether oxygens (including phenoxy) is 4. The monoisotopic (exact) mass is 376 g/mol. The van der Waals surface area contributed by atoms with Crippen LogP contribution in [0.25, 0.3) is 0 Å². The zero-order chi connectivity index (χ0) is 18.8. The molecular weight excluding hydrogens is 352 g/mol. The second kappa shape index (κ2) is 3.87. The summed E-state index contributed by atoms with van der Waals surface area (Å²) in [6, 6.07) is 0. The molecule has 0 aromatic heterocycles. The van der Waals surface area contributed by atoms with E-state index in [9.17, 15) is 15.0 Å². The van der Waals surface area contributed by atoms with E-state index >= 15 is 0 Å². The fraction of sp³-hybridized carbons (Fsp3) is 0.850. The van der Waals surface area contributed by atoms with Crippen molar-refractivity contribution in [1.82, 2.24) is 0 Å². The predicted molar refractivity (Wildman–Crippen MR) is 88.5 cm³/mol. The van der Waals surface area contributed by atoms with Gasteiger partial charge in [0.2, 0.25) is 0 Å². The van der Waals surface area contributed by atoms with Crippen molar-refractivity contribution in [2.75, 3.05) is 6.61 Å². The van der Waals surface area contributed by atoms with E-state index in [-0.39, 0.29) is 36.8 Å². The normalized spacial score (nSPS) is 64.0. The molecule has 0 aromatic carbocycles. The van der Waals surface area contributed by atoms with Gasteiger partial charge in [0.15, 0.2) is 5.60 Å². The van der Waals surface area contributed by atoms with Crippen molar-refractivity contribution in [2.24, 2.45) is 11.3 Å². The van der Waals surface area contributed by atoms with Gasteiger partial charge in [-0.15, -0.1) is 0 Å². The van der Waals surface area contributed by atoms with E-state index in [2.05, 4.69) is 13.8 Å². The maximum absolute atomic E-state index is 12.1. The molecule has 3 saturated heterocycles. The number of hydrogen-bond donors (Lipinski definition) is 2. The van der Waals surface area contributed by atoms with Gasteiger partial charge in [0, 0.05) is 23.0 Å². The molecule has 7 rings (SSSR count). The SMILES string of the molecule is CC(C)[C@@]12O[C@H]1[C@@H]1O[C@]13[C@]1(O[C@H]1C[C@@]1(O)C4=C(CC[C@@]31C)C(=O)OC4)[C@@H]2O. The minimum absolute atomic E-state index is 0.138. The number of carbonyl (C=O) groups excluding carboxylic acids is 1. The van der Waals surface area contributed by atoms with Gasteiger partial charge in [-0.25, -0.2) is 4.79 Å². The average molecular weight is 376 g/mol. The van der Waals surface area contributed by atoms with E-state index in [1.165, 1.54) is 0 Å². The fourth-order valence-corrected chi connectivity index (χ4v) is 7.70. The molecule has 0 bridgehead atoms. The first kappa shape index (κ1) is 15.9. The standard InChI is InChI=1S/C20H24O7/c1-8(2)18-12(26-18)13-20(27-13)16(3)5-4-9-10(7-24-14(9)21)17(16,23)6-11-19(20,25-11)15(18)22/h8,11-13,15,22-23H,4-7H2,1-3H3/t11-,12-,13-,15+,16+,17+,18+,19+,20+/m0/s1. The van der Waals surface area contributed by atoms with E-state index < -0.39 is 33.9 Å². The molecular formula is C20H24O7. The summed E-state index contributed by atoms with van der Waals surface area (Å²) in [4.78, 5) is 12.1. The van der Waals surface area contributed by atoms with Crippen LogP contribution in [-0.2, 0) is 23.7 Å². The lowest BCUT2D eigenvalue weighted by atomic mass is 9.45. The molecule has 146 valence electrons. The van der Waals surface area contributed by atoms with E-state index in [0.717, 1.165) is 0 Å². The summed E-state index contributed by atoms with van der Waals surface area (Å²) in [5.74, 6) is -0.165. The van der Waals surface area contributed by atoms with Gasteiger partial charge >= 0.3 is 5.97 Å². The van der Waals surface area contributed by atoms with E-state index in [1.54, 1.807) is 0 Å². The first-order valence-corrected chi connectivity index (χ1v) is 10.0. The van der Waals surface area contributed by atoms with Gasteiger partial charge in [-0.3, -0.25) is 0 Å². The highest BCUT2D eigenvalue weighted by Crippen LogP contribution is 2.83. The van der Waals surface area contributed by atoms with Gasteiger partial charge in [-0.2, -0.15) is 0 Å². The van der Waals surface area contributed by atoms with Gasteiger partial charge in [-0.1, -0.05) is 20.8 Å². The number of epoxide rings is 3. The Morgan fingerprint density at radius 3 is 2.70 bits per heavy atom. The van der Waals surface area contributed by atoms with E-state index in [1.807, 2.05) is 6.92 Å². The number of aliphatic hydroxyl groups is 2. The van der Waals surface area contributed by atoms with Crippen LogP contribution in [0.1, 0.15) is 40.0 Å². The quantitative estimate of drug-likeness (QED) is 0.498. The lowest BCUT2D eigenvalue weighted by Gasteiger charge is -2.57. The number of cyclic esters (lactones) is 1. The summed E-state index contributed by atoms with van der Waals surface area (Å²) in [5.41, 5.74) is -2.79. The third-order valence-electron chi connectivity index (χ3n) is 9.27. The molecule has 7 aliphatic rings. The van der Waals surface area contributed by atoms with Gasteiger partial charge in [-0.05, 0) is 18.8 Å². The zero-order valence-electron chi connectivity index (χ0n) is 15.7. The lowest BCUT2D eigenvalue weighted by molar-refractivity contribution is -0.162. The molecule has 0 radical (unpaired) electrons. The molecule has 27 heavy (non-hydrogen) atoms. The molecule has 0 amide bonds. The highest BCUT2D eigenvalue weighted by Gasteiger charge is 3.02. The zero-order valence-corrected chi connectivity index (χ0v) is 15.7. The number of hydrogen-bond acceptors (Lipinski definition) is 7. The van der Waals surface area contributed by atoms with Crippen molar-refractivity contribution in [3.05, 3.63) is 11.1 Å². The smallest absolute Gasteiger partial charge is 0.334 e. The van der Waals surface area contributed by atoms with Crippen molar-refractivity contribution < 1.29 is 34.0 Å². The second-order valence-electron chi connectivity index (χ2n) is 10.1. The number of carbonyl (C=O) groups is 1. The summed E-state index contributed by atoms with van der Waals surface area (Å²) >= 11 is 0. The maximum Gasteiger partial charge on any atom is 0.334 e. The van der Waals surface area contributed by atoms with Crippen LogP contribution in [0.5, 0.6) is 0 Å². The Bertz CT molecular complexity index is 866. The Morgan fingerprint density at radius 1 is 1.19 bits per heavy atom. The first-order valence-electron chi connectivity index (χ1n) is 10.0. The van der Waals surface area contributed by atoms with Crippen molar-refractivity contribution in [3.63, 3.8) is 0 Å². The van der Waals surface area contributed by atoms with Crippen LogP contribution < -0.4 is 0 Å². The van der Waals surface area contributed by atoms with Crippen LogP contribution in [0, 0.1) is 11.3 Å². The molecule has 9 atom stereocenters. The Kier molecular flexibility index (Phi) is 2.28. The highest BCUT2D eigenvalue weighted by atomic mass is 16.7. The van der Waals surface area contributed by atoms with E-state index in [4.69, 9.17) is 18.9 Å². The Labute approximate surface area is 156 Å². The van der Waals surface area contributed by atoms with Crippen LogP contribution in [0.3, 0.4) is 0 Å². The van der Waals surface area contributed by atoms with Crippen LogP contribution in [0.15, 0.2) is 11.1 Å². The lowest BCUT2D eigenvalue weighted by Crippen LogP contribution is -2.74. The molecule has 2 saturated carbocycles. The summed E-state index contributed by atoms with van der Waals surface area (Å²) in [6.07, 6.45) is 0.0647. The predicted octanol–water partition coefficient (Wildman–Crippen LogP) is 0.218. The minimum Gasteiger partial charge on any atom is -0.458 e. The van der Waals surface area contributed by atoms with Crippen molar-refractivity contribution in [3.8, 4) is 0 Å². The summed E-state index contributed by atoms with van der Waals surface area (Å²) in [6.45, 7) is 6.30. The first-order chi connectivity index (χ1) is 12.7. The van der Waals surface area contributed by atoms with Crippen LogP contribution in [0.2, 0.25) is 0 Å². The molecule has 2 N–H and O–H groups in total. The molecule has 3 aliphatic carbocycles. The molecule has 5 fully saturated rings. The van der Waals surface area contributed by atoms with Gasteiger partial charge in [0.1, 0.15) is 41.7 Å². The van der Waals surface area contributed by atoms with Gasteiger partial charge in [0.25, 0.3) is 0 Å². The average Bonchev–Trinajstić information content (AvgIpc) is 3.49. The molecule has 7 nitrogen and oxygen atoms in total. The molecule has 0 aromatic rings. The topological polar surface area (TPSA) is 104 Å². The van der Waals surface area contributed by atoms with Gasteiger partial charge < -0.3 is 29.2 Å². The maximum atomic E-state index is 12.1. The van der Waals surface area contributed by atoms with Crippen molar-refractivity contribution in [2.45, 2.75) is 86.9 Å². The number of rotatable bonds is 1. The van der Waals surface area contributed by atoms with Crippen molar-refractivity contribution in [1.29, 1.82) is 0 Å². The summed E-state index contributed by atoms with van der Waals surface area (Å²) < 4.78 is 24.0. The van der Waals surface area contributed by atoms with E-state index in [0.29, 0.717) is 30.4 Å². The Morgan fingerprint density at radius 2 is 1.96 bits per heavy atom. The summed E-state index contributed by atoms with van der Waals surface area (Å²) in [7, 11) is 0. The third kappa shape index (κ3) is 1.20. The number of aliphatic hydroxyl groups excluding tert-OH is 1. The van der Waals surface area contributed by atoms with Crippen molar-refractivity contribution >= 4 is 5.97 Å². The second-order valence-corrected chi connectivity index (χ2v) is 10.1. The number of fused-ring (bicyclic) bond motifs is 4. The fourth-order valence-electron chi connectivity index (χ4n) is 7.70. The largest absolute Gasteiger partial charge is 0.458 e. The Balaban J connectivity index is 1.42. The molecule has 7 heteroatoms. The molecule has 0 unspecified atom stereocenters. The van der Waals surface area contributed by atoms with Crippen LogP contribution >= 0.6 is 0 Å². The third-order valence-corrected chi connectivity index (χ3v) is 9.27. The van der Waals surface area contributed by atoms with Crippen LogP contribution in [-0.4, -0.2) is 69.6 Å². The minimum atomic E-state index is -1.22. The highest BCUT2D eigenvalue weighted by molar-refractivity contribution is 5.93. The molecule has 2 spiro atoms. The van der Waals surface area contributed by atoms with Gasteiger partial charge in [0.05, 0.1) is 6.10 Å².